The van der Waals surface area contributed by atoms with Gasteiger partial charge in [0, 0.05) is 22.7 Å². The number of aromatic nitrogens is 1. The van der Waals surface area contributed by atoms with Crippen LogP contribution in [0, 0.1) is 20.8 Å². The Hall–Kier alpha value is -2.60. The number of pyridine rings is 1. The normalized spacial score (nSPS) is 11.6. The van der Waals surface area contributed by atoms with Crippen LogP contribution in [0.15, 0.2) is 52.2 Å². The molecule has 0 saturated heterocycles. The average molecular weight is 342 g/mol. The van der Waals surface area contributed by atoms with Crippen LogP contribution in [-0.2, 0) is 10.0 Å². The van der Waals surface area contributed by atoms with Crippen LogP contribution in [0.4, 0.5) is 5.69 Å². The van der Waals surface area contributed by atoms with E-state index in [0.29, 0.717) is 16.6 Å². The molecule has 5 nitrogen and oxygen atoms in total. The first-order chi connectivity index (χ1) is 11.3. The number of sulfonamides is 1. The summed E-state index contributed by atoms with van der Waals surface area (Å²) in [5.41, 5.74) is 3.78. The first-order valence-electron chi connectivity index (χ1n) is 7.50. The summed E-state index contributed by atoms with van der Waals surface area (Å²) in [5, 5.41) is 0.706. The van der Waals surface area contributed by atoms with Crippen molar-refractivity contribution < 1.29 is 8.42 Å². The van der Waals surface area contributed by atoms with E-state index in [1.54, 1.807) is 31.2 Å². The molecular formula is C18H18N2O3S. The van der Waals surface area contributed by atoms with Crippen molar-refractivity contribution in [2.75, 3.05) is 4.72 Å². The van der Waals surface area contributed by atoms with E-state index in [0.717, 1.165) is 16.7 Å². The van der Waals surface area contributed by atoms with Crippen LogP contribution in [0.25, 0.3) is 10.9 Å². The summed E-state index contributed by atoms with van der Waals surface area (Å²) in [7, 11) is -3.70. The molecule has 0 amide bonds. The summed E-state index contributed by atoms with van der Waals surface area (Å²) in [4.78, 5) is 14.4. The highest BCUT2D eigenvalue weighted by Gasteiger charge is 2.16. The lowest BCUT2D eigenvalue weighted by Crippen LogP contribution is -2.13. The Bertz CT molecular complexity index is 1100. The van der Waals surface area contributed by atoms with Crippen LogP contribution in [0.5, 0.6) is 0 Å². The Kier molecular flexibility index (Phi) is 3.93. The molecule has 124 valence electrons. The molecule has 1 aromatic heterocycles. The van der Waals surface area contributed by atoms with Gasteiger partial charge in [-0.3, -0.25) is 9.52 Å². The predicted molar refractivity (Wildman–Crippen MR) is 96.0 cm³/mol. The van der Waals surface area contributed by atoms with Gasteiger partial charge in [0.1, 0.15) is 0 Å². The number of fused-ring (bicyclic) bond motifs is 1. The van der Waals surface area contributed by atoms with Gasteiger partial charge in [0.25, 0.3) is 10.0 Å². The highest BCUT2D eigenvalue weighted by atomic mass is 32.2. The van der Waals surface area contributed by atoms with E-state index in [2.05, 4.69) is 9.71 Å². The highest BCUT2D eigenvalue weighted by Crippen LogP contribution is 2.23. The van der Waals surface area contributed by atoms with Crippen molar-refractivity contribution in [3.05, 3.63) is 69.5 Å². The number of hydrogen-bond donors (Lipinski definition) is 2. The number of nitrogens with one attached hydrogen (secondary N) is 2. The van der Waals surface area contributed by atoms with Crippen LogP contribution in [-0.4, -0.2) is 13.4 Å². The molecule has 0 saturated carbocycles. The number of H-pyrrole nitrogens is 1. The number of aryl methyl sites for hydroxylation is 3. The average Bonchev–Trinajstić information content (AvgIpc) is 2.50. The molecule has 2 N–H and O–H groups in total. The van der Waals surface area contributed by atoms with E-state index < -0.39 is 10.0 Å². The Balaban J connectivity index is 2.04. The molecule has 0 unspecified atom stereocenters. The fraction of sp³-hybridized carbons (Fsp3) is 0.167. The van der Waals surface area contributed by atoms with E-state index in [1.807, 2.05) is 19.9 Å². The van der Waals surface area contributed by atoms with E-state index in [4.69, 9.17) is 0 Å². The van der Waals surface area contributed by atoms with Gasteiger partial charge >= 0.3 is 0 Å². The van der Waals surface area contributed by atoms with Crippen molar-refractivity contribution in [3.8, 4) is 0 Å². The number of aromatic amines is 1. The molecule has 3 aromatic rings. The third kappa shape index (κ3) is 3.05. The van der Waals surface area contributed by atoms with Gasteiger partial charge in [-0.05, 0) is 67.8 Å². The minimum Gasteiger partial charge on any atom is -0.322 e. The Morgan fingerprint density at radius 2 is 1.62 bits per heavy atom. The maximum atomic E-state index is 12.6. The molecule has 0 spiro atoms. The lowest BCUT2D eigenvalue weighted by molar-refractivity contribution is 0.601. The van der Waals surface area contributed by atoms with Crippen LogP contribution in [0.2, 0.25) is 0 Å². The highest BCUT2D eigenvalue weighted by molar-refractivity contribution is 7.92. The molecule has 0 radical (unpaired) electrons. The summed E-state index contributed by atoms with van der Waals surface area (Å²) in [5.74, 6) is 0. The van der Waals surface area contributed by atoms with Crippen molar-refractivity contribution >= 4 is 26.6 Å². The van der Waals surface area contributed by atoms with Crippen LogP contribution >= 0.6 is 0 Å². The molecule has 6 heteroatoms. The van der Waals surface area contributed by atoms with E-state index in [1.165, 1.54) is 12.1 Å². The van der Waals surface area contributed by atoms with E-state index in [-0.39, 0.29) is 10.5 Å². The van der Waals surface area contributed by atoms with Crippen molar-refractivity contribution in [2.45, 2.75) is 25.7 Å². The molecule has 0 fully saturated rings. The summed E-state index contributed by atoms with van der Waals surface area (Å²) in [6.07, 6.45) is 0. The summed E-state index contributed by atoms with van der Waals surface area (Å²) in [6, 6.07) is 11.5. The molecule has 24 heavy (non-hydrogen) atoms. The van der Waals surface area contributed by atoms with Gasteiger partial charge in [-0.2, -0.15) is 0 Å². The van der Waals surface area contributed by atoms with Gasteiger partial charge in [0.15, 0.2) is 0 Å². The second-order valence-corrected chi connectivity index (χ2v) is 7.61. The lowest BCUT2D eigenvalue weighted by Gasteiger charge is -2.11. The molecule has 0 atom stereocenters. The van der Waals surface area contributed by atoms with Crippen molar-refractivity contribution in [2.24, 2.45) is 0 Å². The lowest BCUT2D eigenvalue weighted by atomic mass is 10.1. The predicted octanol–water partition coefficient (Wildman–Crippen LogP) is 3.25. The van der Waals surface area contributed by atoms with Gasteiger partial charge in [0.05, 0.1) is 4.90 Å². The van der Waals surface area contributed by atoms with Crippen molar-refractivity contribution in [1.82, 2.24) is 4.98 Å². The molecule has 0 bridgehead atoms. The standard InChI is InChI=1S/C18H18N2O3S/c1-11-4-5-14(8-12(11)2)20-24(22,23)15-6-7-17-16(10-15)13(3)9-18(21)19-17/h4-10,20H,1-3H3,(H,19,21). The summed E-state index contributed by atoms with van der Waals surface area (Å²) >= 11 is 0. The van der Waals surface area contributed by atoms with Crippen LogP contribution < -0.4 is 10.3 Å². The zero-order chi connectivity index (χ0) is 17.5. The fourth-order valence-corrected chi connectivity index (χ4v) is 3.66. The topological polar surface area (TPSA) is 79.0 Å². The zero-order valence-electron chi connectivity index (χ0n) is 13.7. The molecule has 3 rings (SSSR count). The first kappa shape index (κ1) is 16.3. The number of anilines is 1. The minimum atomic E-state index is -3.70. The fourth-order valence-electron chi connectivity index (χ4n) is 2.59. The Morgan fingerprint density at radius 1 is 0.875 bits per heavy atom. The SMILES string of the molecule is Cc1ccc(NS(=O)(=O)c2ccc3[nH]c(=O)cc(C)c3c2)cc1C. The largest absolute Gasteiger partial charge is 0.322 e. The Morgan fingerprint density at radius 3 is 2.33 bits per heavy atom. The van der Waals surface area contributed by atoms with Gasteiger partial charge in [0.2, 0.25) is 5.56 Å². The van der Waals surface area contributed by atoms with Crippen LogP contribution in [0.3, 0.4) is 0 Å². The number of rotatable bonds is 3. The smallest absolute Gasteiger partial charge is 0.261 e. The third-order valence-electron chi connectivity index (χ3n) is 4.09. The first-order valence-corrected chi connectivity index (χ1v) is 8.98. The summed E-state index contributed by atoms with van der Waals surface area (Å²) < 4.78 is 27.9. The van der Waals surface area contributed by atoms with Gasteiger partial charge in [-0.25, -0.2) is 8.42 Å². The molecule has 0 aliphatic rings. The molecule has 2 aromatic carbocycles. The Labute approximate surface area is 140 Å². The van der Waals surface area contributed by atoms with Gasteiger partial charge in [-0.1, -0.05) is 6.07 Å². The van der Waals surface area contributed by atoms with E-state index in [9.17, 15) is 13.2 Å². The van der Waals surface area contributed by atoms with Crippen molar-refractivity contribution in [1.29, 1.82) is 0 Å². The monoisotopic (exact) mass is 342 g/mol. The molecule has 0 aliphatic carbocycles. The number of hydrogen-bond acceptors (Lipinski definition) is 3. The molecule has 1 heterocycles. The maximum absolute atomic E-state index is 12.6. The van der Waals surface area contributed by atoms with E-state index >= 15 is 0 Å². The number of benzene rings is 2. The third-order valence-corrected chi connectivity index (χ3v) is 5.47. The van der Waals surface area contributed by atoms with Gasteiger partial charge in [-0.15, -0.1) is 0 Å². The second kappa shape index (κ2) is 5.79. The zero-order valence-corrected chi connectivity index (χ0v) is 14.5. The second-order valence-electron chi connectivity index (χ2n) is 5.93. The molecular weight excluding hydrogens is 324 g/mol. The minimum absolute atomic E-state index is 0.156. The quantitative estimate of drug-likeness (QED) is 0.767. The van der Waals surface area contributed by atoms with Crippen LogP contribution in [0.1, 0.15) is 16.7 Å². The van der Waals surface area contributed by atoms with Gasteiger partial charge < -0.3 is 4.98 Å². The summed E-state index contributed by atoms with van der Waals surface area (Å²) in [6.45, 7) is 5.69. The van der Waals surface area contributed by atoms with Crippen molar-refractivity contribution in [3.63, 3.8) is 0 Å². The maximum Gasteiger partial charge on any atom is 0.261 e. The molecule has 0 aliphatic heterocycles.